The van der Waals surface area contributed by atoms with Gasteiger partial charge in [-0.25, -0.2) is 0 Å². The molecular formula is C22H16N6O. The third kappa shape index (κ3) is 4.01. The zero-order valence-electron chi connectivity index (χ0n) is 15.4. The SMILES string of the molecule is N#Cc1cccc(C(=O)n2nc(-c3cccnc3)nc2NCc2ccccc2)c1. The van der Waals surface area contributed by atoms with Gasteiger partial charge in [0.1, 0.15) is 0 Å². The standard InChI is InChI=1S/C22H16N6O/c23-13-17-8-4-9-18(12-17)21(29)28-22(25-14-16-6-2-1-3-7-16)26-20(27-28)19-10-5-11-24-15-19/h1-12,15H,14H2,(H,25,26,27). The van der Waals surface area contributed by atoms with E-state index in [2.05, 4.69) is 20.4 Å². The minimum atomic E-state index is -0.375. The minimum Gasteiger partial charge on any atom is -0.350 e. The molecule has 0 bridgehead atoms. The van der Waals surface area contributed by atoms with E-state index >= 15 is 0 Å². The van der Waals surface area contributed by atoms with Gasteiger partial charge in [-0.15, -0.1) is 5.10 Å². The van der Waals surface area contributed by atoms with Gasteiger partial charge in [-0.1, -0.05) is 36.4 Å². The average Bonchev–Trinajstić information content (AvgIpc) is 3.23. The number of carbonyl (C=O) groups excluding carboxylic acids is 1. The highest BCUT2D eigenvalue weighted by Gasteiger charge is 2.19. The van der Waals surface area contributed by atoms with E-state index in [0.717, 1.165) is 5.56 Å². The van der Waals surface area contributed by atoms with Crippen LogP contribution in [0.3, 0.4) is 0 Å². The monoisotopic (exact) mass is 380 g/mol. The van der Waals surface area contributed by atoms with Crippen LogP contribution in [0.5, 0.6) is 0 Å². The van der Waals surface area contributed by atoms with Crippen molar-refractivity contribution >= 4 is 11.9 Å². The van der Waals surface area contributed by atoms with E-state index in [0.29, 0.717) is 35.0 Å². The third-order valence-corrected chi connectivity index (χ3v) is 4.25. The van der Waals surface area contributed by atoms with E-state index in [-0.39, 0.29) is 5.91 Å². The molecule has 140 valence electrons. The number of benzene rings is 2. The molecule has 0 atom stereocenters. The van der Waals surface area contributed by atoms with Crippen LogP contribution in [0.1, 0.15) is 21.5 Å². The maximum atomic E-state index is 13.1. The van der Waals surface area contributed by atoms with E-state index in [1.54, 1.807) is 36.7 Å². The van der Waals surface area contributed by atoms with Gasteiger partial charge in [0.05, 0.1) is 11.6 Å². The van der Waals surface area contributed by atoms with Crippen molar-refractivity contribution in [3.8, 4) is 17.5 Å². The van der Waals surface area contributed by atoms with Gasteiger partial charge in [0, 0.05) is 30.1 Å². The number of hydrogen-bond donors (Lipinski definition) is 1. The van der Waals surface area contributed by atoms with Crippen LogP contribution in [0.25, 0.3) is 11.4 Å². The largest absolute Gasteiger partial charge is 0.350 e. The fraction of sp³-hybridized carbons (Fsp3) is 0.0455. The molecule has 0 radical (unpaired) electrons. The molecule has 0 aliphatic heterocycles. The summed E-state index contributed by atoms with van der Waals surface area (Å²) in [6.07, 6.45) is 3.30. The Kier molecular flexibility index (Phi) is 5.08. The highest BCUT2D eigenvalue weighted by atomic mass is 16.2. The zero-order chi connectivity index (χ0) is 20.1. The van der Waals surface area contributed by atoms with Crippen molar-refractivity contribution in [3.05, 3.63) is 95.8 Å². The molecular weight excluding hydrogens is 364 g/mol. The summed E-state index contributed by atoms with van der Waals surface area (Å²) in [4.78, 5) is 21.7. The Labute approximate surface area is 167 Å². The normalized spacial score (nSPS) is 10.3. The molecule has 0 saturated carbocycles. The van der Waals surface area contributed by atoms with Gasteiger partial charge in [-0.05, 0) is 35.9 Å². The van der Waals surface area contributed by atoms with Gasteiger partial charge in [0.25, 0.3) is 5.91 Å². The lowest BCUT2D eigenvalue weighted by Gasteiger charge is -2.07. The molecule has 4 rings (SSSR count). The van der Waals surface area contributed by atoms with Crippen molar-refractivity contribution in [1.29, 1.82) is 5.26 Å². The van der Waals surface area contributed by atoms with Crippen LogP contribution in [-0.4, -0.2) is 25.7 Å². The molecule has 4 aromatic rings. The van der Waals surface area contributed by atoms with E-state index in [9.17, 15) is 4.79 Å². The first-order valence-electron chi connectivity index (χ1n) is 8.95. The molecule has 2 aromatic carbocycles. The predicted octanol–water partition coefficient (Wildman–Crippen LogP) is 3.51. The summed E-state index contributed by atoms with van der Waals surface area (Å²) < 4.78 is 1.22. The van der Waals surface area contributed by atoms with Crippen molar-refractivity contribution in [1.82, 2.24) is 19.7 Å². The zero-order valence-corrected chi connectivity index (χ0v) is 15.4. The van der Waals surface area contributed by atoms with Crippen molar-refractivity contribution in [2.75, 3.05) is 5.32 Å². The molecule has 0 fully saturated rings. The van der Waals surface area contributed by atoms with Gasteiger partial charge in [0.15, 0.2) is 5.82 Å². The minimum absolute atomic E-state index is 0.320. The smallest absolute Gasteiger partial charge is 0.281 e. The van der Waals surface area contributed by atoms with Gasteiger partial charge in [-0.2, -0.15) is 14.9 Å². The van der Waals surface area contributed by atoms with Crippen molar-refractivity contribution < 1.29 is 4.79 Å². The Balaban J connectivity index is 1.71. The van der Waals surface area contributed by atoms with Crippen LogP contribution in [0.4, 0.5) is 5.95 Å². The maximum Gasteiger partial charge on any atom is 0.281 e. The van der Waals surface area contributed by atoms with Crippen LogP contribution < -0.4 is 5.32 Å². The Morgan fingerprint density at radius 2 is 1.93 bits per heavy atom. The topological polar surface area (TPSA) is 96.5 Å². The molecule has 2 heterocycles. The van der Waals surface area contributed by atoms with Crippen LogP contribution >= 0.6 is 0 Å². The first-order chi connectivity index (χ1) is 14.2. The van der Waals surface area contributed by atoms with Crippen molar-refractivity contribution in [3.63, 3.8) is 0 Å². The molecule has 0 aliphatic carbocycles. The van der Waals surface area contributed by atoms with E-state index in [1.165, 1.54) is 10.7 Å². The predicted molar refractivity (Wildman–Crippen MR) is 108 cm³/mol. The summed E-state index contributed by atoms with van der Waals surface area (Å²) in [5, 5.41) is 16.7. The summed E-state index contributed by atoms with van der Waals surface area (Å²) in [7, 11) is 0. The quantitative estimate of drug-likeness (QED) is 0.569. The van der Waals surface area contributed by atoms with Crippen LogP contribution in [0, 0.1) is 11.3 Å². The number of aromatic nitrogens is 4. The fourth-order valence-electron chi connectivity index (χ4n) is 2.81. The first kappa shape index (κ1) is 18.1. The lowest BCUT2D eigenvalue weighted by molar-refractivity contribution is 0.0947. The summed E-state index contributed by atoms with van der Waals surface area (Å²) in [5.41, 5.74) is 2.51. The second kappa shape index (κ2) is 8.15. The van der Waals surface area contributed by atoms with Gasteiger partial charge >= 0.3 is 0 Å². The summed E-state index contributed by atoms with van der Waals surface area (Å²) >= 11 is 0. The lowest BCUT2D eigenvalue weighted by Crippen LogP contribution is -2.17. The molecule has 7 heteroatoms. The van der Waals surface area contributed by atoms with Crippen molar-refractivity contribution in [2.45, 2.75) is 6.54 Å². The van der Waals surface area contributed by atoms with Gasteiger partial charge in [0.2, 0.25) is 5.95 Å². The number of pyridine rings is 1. The van der Waals surface area contributed by atoms with Crippen LogP contribution in [-0.2, 0) is 6.54 Å². The Hall–Kier alpha value is -4.31. The van der Waals surface area contributed by atoms with E-state index < -0.39 is 0 Å². The van der Waals surface area contributed by atoms with E-state index in [4.69, 9.17) is 5.26 Å². The second-order valence-electron chi connectivity index (χ2n) is 6.25. The molecule has 2 aromatic heterocycles. The molecule has 0 unspecified atom stereocenters. The van der Waals surface area contributed by atoms with E-state index in [1.807, 2.05) is 42.5 Å². The van der Waals surface area contributed by atoms with Crippen LogP contribution in [0.2, 0.25) is 0 Å². The fourth-order valence-corrected chi connectivity index (χ4v) is 2.81. The molecule has 0 amide bonds. The number of hydrogen-bond acceptors (Lipinski definition) is 6. The van der Waals surface area contributed by atoms with Crippen LogP contribution in [0.15, 0.2) is 79.1 Å². The first-order valence-corrected chi connectivity index (χ1v) is 8.95. The Bertz CT molecular complexity index is 1180. The summed E-state index contributed by atoms with van der Waals surface area (Å²) in [6, 6.07) is 21.9. The summed E-state index contributed by atoms with van der Waals surface area (Å²) in [5.74, 6) is 0.332. The molecule has 0 aliphatic rings. The molecule has 0 saturated heterocycles. The number of nitriles is 1. The molecule has 1 N–H and O–H groups in total. The number of anilines is 1. The second-order valence-corrected chi connectivity index (χ2v) is 6.25. The highest BCUT2D eigenvalue weighted by molar-refractivity contribution is 5.97. The molecule has 7 nitrogen and oxygen atoms in total. The number of rotatable bonds is 5. The summed E-state index contributed by atoms with van der Waals surface area (Å²) in [6.45, 7) is 0.484. The number of nitrogens with one attached hydrogen (secondary N) is 1. The number of carbonyl (C=O) groups is 1. The Morgan fingerprint density at radius 3 is 2.69 bits per heavy atom. The van der Waals surface area contributed by atoms with Crippen molar-refractivity contribution in [2.24, 2.45) is 0 Å². The van der Waals surface area contributed by atoms with Gasteiger partial charge < -0.3 is 5.32 Å². The lowest BCUT2D eigenvalue weighted by atomic mass is 10.1. The average molecular weight is 380 g/mol. The Morgan fingerprint density at radius 1 is 1.07 bits per heavy atom. The third-order valence-electron chi connectivity index (χ3n) is 4.25. The maximum absolute atomic E-state index is 13.1. The molecule has 0 spiro atoms. The highest BCUT2D eigenvalue weighted by Crippen LogP contribution is 2.19. The molecule has 29 heavy (non-hydrogen) atoms. The number of nitrogens with zero attached hydrogens (tertiary/aromatic N) is 5. The van der Waals surface area contributed by atoms with Gasteiger partial charge in [-0.3, -0.25) is 9.78 Å².